The quantitative estimate of drug-likeness (QED) is 0.560. The second-order valence-corrected chi connectivity index (χ2v) is 5.31. The molecule has 3 heterocycles. The SMILES string of the molecule is Cc1ncnc2ccc(-c3cccnc3-c3ccccn3)cc12. The van der Waals surface area contributed by atoms with Gasteiger partial charge in [-0.05, 0) is 42.8 Å². The van der Waals surface area contributed by atoms with Gasteiger partial charge in [-0.15, -0.1) is 0 Å². The number of nitrogens with zero attached hydrogens (tertiary/aromatic N) is 4. The van der Waals surface area contributed by atoms with Crippen molar-refractivity contribution in [2.24, 2.45) is 0 Å². The molecule has 4 nitrogen and oxygen atoms in total. The maximum atomic E-state index is 4.53. The predicted octanol–water partition coefficient (Wildman–Crippen LogP) is 4.06. The lowest BCUT2D eigenvalue weighted by atomic mass is 10.00. The van der Waals surface area contributed by atoms with Crippen molar-refractivity contribution in [1.82, 2.24) is 19.9 Å². The molecule has 0 N–H and O–H groups in total. The van der Waals surface area contributed by atoms with E-state index in [0.29, 0.717) is 0 Å². The molecule has 0 saturated carbocycles. The van der Waals surface area contributed by atoms with Crippen LogP contribution in [0.5, 0.6) is 0 Å². The van der Waals surface area contributed by atoms with E-state index in [1.807, 2.05) is 37.3 Å². The lowest BCUT2D eigenvalue weighted by Crippen LogP contribution is -1.92. The van der Waals surface area contributed by atoms with Gasteiger partial charge in [-0.2, -0.15) is 0 Å². The zero-order valence-corrected chi connectivity index (χ0v) is 12.6. The van der Waals surface area contributed by atoms with E-state index in [2.05, 4.69) is 38.1 Å². The summed E-state index contributed by atoms with van der Waals surface area (Å²) in [7, 11) is 0. The number of fused-ring (bicyclic) bond motifs is 1. The van der Waals surface area contributed by atoms with E-state index in [1.54, 1.807) is 18.7 Å². The summed E-state index contributed by atoms with van der Waals surface area (Å²) in [5.74, 6) is 0. The monoisotopic (exact) mass is 298 g/mol. The highest BCUT2D eigenvalue weighted by molar-refractivity contribution is 5.89. The Morgan fingerprint density at radius 2 is 1.70 bits per heavy atom. The van der Waals surface area contributed by atoms with Crippen LogP contribution in [0.3, 0.4) is 0 Å². The summed E-state index contributed by atoms with van der Waals surface area (Å²) in [6.45, 7) is 2.00. The number of pyridine rings is 2. The summed E-state index contributed by atoms with van der Waals surface area (Å²) in [5, 5.41) is 1.06. The Bertz CT molecular complexity index is 981. The zero-order chi connectivity index (χ0) is 15.6. The average Bonchev–Trinajstić information content (AvgIpc) is 2.63. The van der Waals surface area contributed by atoms with Crippen LogP contribution in [-0.4, -0.2) is 19.9 Å². The topological polar surface area (TPSA) is 51.6 Å². The number of hydrogen-bond donors (Lipinski definition) is 0. The molecule has 0 aliphatic rings. The number of aromatic nitrogens is 4. The minimum absolute atomic E-state index is 0.865. The van der Waals surface area contributed by atoms with E-state index >= 15 is 0 Å². The molecular formula is C19H14N4. The zero-order valence-electron chi connectivity index (χ0n) is 12.6. The Morgan fingerprint density at radius 1 is 0.783 bits per heavy atom. The van der Waals surface area contributed by atoms with Gasteiger partial charge in [0.2, 0.25) is 0 Å². The maximum Gasteiger partial charge on any atom is 0.116 e. The Morgan fingerprint density at radius 3 is 2.57 bits per heavy atom. The molecule has 0 amide bonds. The summed E-state index contributed by atoms with van der Waals surface area (Å²) in [4.78, 5) is 17.6. The van der Waals surface area contributed by atoms with Crippen LogP contribution in [0, 0.1) is 6.92 Å². The molecule has 0 unspecified atom stereocenters. The molecule has 0 spiro atoms. The molecule has 4 aromatic rings. The molecule has 1 aromatic carbocycles. The third-order valence-corrected chi connectivity index (χ3v) is 3.86. The molecule has 0 aliphatic carbocycles. The lowest BCUT2D eigenvalue weighted by molar-refractivity contribution is 1.15. The fraction of sp³-hybridized carbons (Fsp3) is 0.0526. The van der Waals surface area contributed by atoms with Gasteiger partial charge in [0.15, 0.2) is 0 Å². The normalized spacial score (nSPS) is 10.8. The van der Waals surface area contributed by atoms with Crippen LogP contribution >= 0.6 is 0 Å². The minimum Gasteiger partial charge on any atom is -0.255 e. The molecule has 0 saturated heterocycles. The molecule has 0 bridgehead atoms. The van der Waals surface area contributed by atoms with Gasteiger partial charge in [-0.1, -0.05) is 18.2 Å². The molecule has 3 aromatic heterocycles. The Labute approximate surface area is 133 Å². The highest BCUT2D eigenvalue weighted by Crippen LogP contribution is 2.31. The van der Waals surface area contributed by atoms with Gasteiger partial charge in [-0.3, -0.25) is 9.97 Å². The molecule has 4 heteroatoms. The Hall–Kier alpha value is -3.14. The lowest BCUT2D eigenvalue weighted by Gasteiger charge is -2.09. The maximum absolute atomic E-state index is 4.53. The van der Waals surface area contributed by atoms with Gasteiger partial charge >= 0.3 is 0 Å². The second kappa shape index (κ2) is 5.57. The van der Waals surface area contributed by atoms with Crippen LogP contribution in [0.25, 0.3) is 33.4 Å². The van der Waals surface area contributed by atoms with Gasteiger partial charge in [-0.25, -0.2) is 9.97 Å². The number of rotatable bonds is 2. The van der Waals surface area contributed by atoms with Crippen LogP contribution < -0.4 is 0 Å². The van der Waals surface area contributed by atoms with Crippen LogP contribution in [-0.2, 0) is 0 Å². The molecule has 4 rings (SSSR count). The smallest absolute Gasteiger partial charge is 0.116 e. The van der Waals surface area contributed by atoms with E-state index in [0.717, 1.165) is 39.1 Å². The Kier molecular flexibility index (Phi) is 3.27. The molecule has 110 valence electrons. The first-order valence-electron chi connectivity index (χ1n) is 7.41. The second-order valence-electron chi connectivity index (χ2n) is 5.31. The molecule has 23 heavy (non-hydrogen) atoms. The number of benzene rings is 1. The van der Waals surface area contributed by atoms with Crippen molar-refractivity contribution in [2.75, 3.05) is 0 Å². The highest BCUT2D eigenvalue weighted by atomic mass is 14.8. The van der Waals surface area contributed by atoms with Crippen molar-refractivity contribution < 1.29 is 0 Å². The first-order valence-corrected chi connectivity index (χ1v) is 7.41. The van der Waals surface area contributed by atoms with E-state index in [1.165, 1.54) is 0 Å². The van der Waals surface area contributed by atoms with E-state index in [9.17, 15) is 0 Å². The van der Waals surface area contributed by atoms with Crippen molar-refractivity contribution in [3.8, 4) is 22.5 Å². The van der Waals surface area contributed by atoms with Crippen molar-refractivity contribution in [3.63, 3.8) is 0 Å². The van der Waals surface area contributed by atoms with Crippen molar-refractivity contribution in [1.29, 1.82) is 0 Å². The van der Waals surface area contributed by atoms with Crippen molar-refractivity contribution >= 4 is 10.9 Å². The van der Waals surface area contributed by atoms with Gasteiger partial charge < -0.3 is 0 Å². The fourth-order valence-electron chi connectivity index (χ4n) is 2.70. The van der Waals surface area contributed by atoms with Crippen molar-refractivity contribution in [2.45, 2.75) is 6.92 Å². The van der Waals surface area contributed by atoms with Crippen LogP contribution in [0.2, 0.25) is 0 Å². The summed E-state index contributed by atoms with van der Waals surface area (Å²) >= 11 is 0. The average molecular weight is 298 g/mol. The first-order chi connectivity index (χ1) is 11.3. The van der Waals surface area contributed by atoms with Crippen LogP contribution in [0.4, 0.5) is 0 Å². The molecule has 0 fully saturated rings. The molecule has 0 radical (unpaired) electrons. The summed E-state index contributed by atoms with van der Waals surface area (Å²) in [5.41, 5.74) is 5.80. The van der Waals surface area contributed by atoms with E-state index in [4.69, 9.17) is 0 Å². The third kappa shape index (κ3) is 2.44. The predicted molar refractivity (Wildman–Crippen MR) is 90.7 cm³/mol. The minimum atomic E-state index is 0.865. The van der Waals surface area contributed by atoms with E-state index < -0.39 is 0 Å². The van der Waals surface area contributed by atoms with Crippen molar-refractivity contribution in [3.05, 3.63) is 72.9 Å². The van der Waals surface area contributed by atoms with Crippen LogP contribution in [0.15, 0.2) is 67.3 Å². The van der Waals surface area contributed by atoms with Gasteiger partial charge in [0.25, 0.3) is 0 Å². The number of hydrogen-bond acceptors (Lipinski definition) is 4. The summed E-state index contributed by atoms with van der Waals surface area (Å²) < 4.78 is 0. The first kappa shape index (κ1) is 13.5. The summed E-state index contributed by atoms with van der Waals surface area (Å²) in [6.07, 6.45) is 5.18. The van der Waals surface area contributed by atoms with Gasteiger partial charge in [0.1, 0.15) is 6.33 Å². The largest absolute Gasteiger partial charge is 0.255 e. The fourth-order valence-corrected chi connectivity index (χ4v) is 2.70. The molecule has 0 atom stereocenters. The summed E-state index contributed by atoms with van der Waals surface area (Å²) in [6, 6.07) is 16.1. The van der Waals surface area contributed by atoms with E-state index in [-0.39, 0.29) is 0 Å². The molecular weight excluding hydrogens is 284 g/mol. The van der Waals surface area contributed by atoms with Gasteiger partial charge in [0, 0.05) is 29.0 Å². The Balaban J connectivity index is 1.94. The standard InChI is InChI=1S/C19H14N4/c1-13-16-11-14(7-8-17(16)23-12-22-13)15-5-4-10-21-19(15)18-6-2-3-9-20-18/h2-12H,1H3. The van der Waals surface area contributed by atoms with Gasteiger partial charge in [0.05, 0.1) is 16.9 Å². The third-order valence-electron chi connectivity index (χ3n) is 3.86. The van der Waals surface area contributed by atoms with Crippen LogP contribution in [0.1, 0.15) is 5.69 Å². The number of aryl methyl sites for hydroxylation is 1. The molecule has 0 aliphatic heterocycles. The highest BCUT2D eigenvalue weighted by Gasteiger charge is 2.10.